The predicted octanol–water partition coefficient (Wildman–Crippen LogP) is 4.10. The molecule has 0 aromatic heterocycles. The largest absolute Gasteiger partial charge is 0.489 e. The Morgan fingerprint density at radius 3 is 2.50 bits per heavy atom. The molecule has 174 valence electrons. The maximum absolute atomic E-state index is 15.1. The number of hydrogen-bond acceptors (Lipinski definition) is 6. The molecule has 32 heavy (non-hydrogen) atoms. The molecule has 2 saturated heterocycles. The van der Waals surface area contributed by atoms with Crippen LogP contribution in [0.5, 0.6) is 5.75 Å². The fourth-order valence-corrected chi connectivity index (χ4v) is 5.89. The monoisotopic (exact) mass is 462 g/mol. The van der Waals surface area contributed by atoms with E-state index in [1.807, 2.05) is 4.90 Å². The number of rotatable bonds is 4. The van der Waals surface area contributed by atoms with Crippen LogP contribution in [0, 0.1) is 11.2 Å². The molecule has 3 aliphatic heterocycles. The lowest BCUT2D eigenvalue weighted by Crippen LogP contribution is -2.63. The number of ether oxygens (including phenoxy) is 2. The van der Waals surface area contributed by atoms with E-state index >= 15 is 4.39 Å². The van der Waals surface area contributed by atoms with Crippen LogP contribution < -0.4 is 14.5 Å². The van der Waals surface area contributed by atoms with E-state index in [0.717, 1.165) is 0 Å². The first-order chi connectivity index (χ1) is 14.9. The second-order valence-electron chi connectivity index (χ2n) is 11.3. The van der Waals surface area contributed by atoms with E-state index in [0.29, 0.717) is 49.7 Å². The van der Waals surface area contributed by atoms with E-state index in [4.69, 9.17) is 13.9 Å². The molecule has 1 saturated carbocycles. The van der Waals surface area contributed by atoms with Crippen molar-refractivity contribution in [2.75, 3.05) is 36.1 Å². The molecular formula is C23H31FN2O5Si. The first-order valence-corrected chi connectivity index (χ1v) is 14.2. The van der Waals surface area contributed by atoms with Crippen LogP contribution in [0.2, 0.25) is 18.1 Å². The molecular weight excluding hydrogens is 431 g/mol. The van der Waals surface area contributed by atoms with Crippen LogP contribution in [-0.2, 0) is 14.0 Å². The van der Waals surface area contributed by atoms with Crippen molar-refractivity contribution in [2.24, 2.45) is 5.41 Å². The second-order valence-corrected chi connectivity index (χ2v) is 16.1. The number of carbonyl (C=O) groups excluding carboxylic acids is 2. The molecule has 0 N–H and O–H groups in total. The molecule has 2 atom stereocenters. The number of benzene rings is 1. The number of halogens is 1. The van der Waals surface area contributed by atoms with Crippen LogP contribution in [0.3, 0.4) is 0 Å². The SMILES string of the molecule is CC(C)(C)[Si](C)(C)OC[C@@H]1OC(=O)N2c3cc(F)c(N4CC5(CC(=O)C5)C4)cc3OC[C@@H]12. The summed E-state index contributed by atoms with van der Waals surface area (Å²) >= 11 is 0. The molecule has 4 aliphatic rings. The van der Waals surface area contributed by atoms with Gasteiger partial charge >= 0.3 is 6.09 Å². The number of hydrogen-bond donors (Lipinski definition) is 0. The average molecular weight is 463 g/mol. The minimum atomic E-state index is -2.00. The number of anilines is 2. The summed E-state index contributed by atoms with van der Waals surface area (Å²) in [5.41, 5.74) is 0.885. The lowest BCUT2D eigenvalue weighted by Gasteiger charge is -2.55. The molecule has 9 heteroatoms. The van der Waals surface area contributed by atoms with Crippen LogP contribution in [-0.4, -0.2) is 58.6 Å². The van der Waals surface area contributed by atoms with Crippen molar-refractivity contribution < 1.29 is 27.9 Å². The number of carbonyl (C=O) groups is 2. The first-order valence-electron chi connectivity index (χ1n) is 11.3. The van der Waals surface area contributed by atoms with Gasteiger partial charge in [-0.15, -0.1) is 0 Å². The van der Waals surface area contributed by atoms with Crippen molar-refractivity contribution in [3.63, 3.8) is 0 Å². The van der Waals surface area contributed by atoms with E-state index in [1.165, 1.54) is 11.0 Å². The van der Waals surface area contributed by atoms with E-state index in [-0.39, 0.29) is 28.9 Å². The molecule has 3 fully saturated rings. The summed E-state index contributed by atoms with van der Waals surface area (Å²) in [6.45, 7) is 12.7. The number of amides is 1. The third-order valence-electron chi connectivity index (χ3n) is 7.86. The van der Waals surface area contributed by atoms with Gasteiger partial charge in [-0.05, 0) is 18.1 Å². The van der Waals surface area contributed by atoms with Crippen molar-refractivity contribution >= 4 is 31.6 Å². The minimum Gasteiger partial charge on any atom is -0.489 e. The predicted molar refractivity (Wildman–Crippen MR) is 120 cm³/mol. The van der Waals surface area contributed by atoms with Crippen LogP contribution in [0.15, 0.2) is 12.1 Å². The van der Waals surface area contributed by atoms with Crippen molar-refractivity contribution in [3.8, 4) is 5.75 Å². The maximum Gasteiger partial charge on any atom is 0.415 e. The molecule has 1 spiro atoms. The minimum absolute atomic E-state index is 0.0293. The van der Waals surface area contributed by atoms with Gasteiger partial charge in [0.2, 0.25) is 0 Å². The summed E-state index contributed by atoms with van der Waals surface area (Å²) in [5.74, 6) is 0.359. The van der Waals surface area contributed by atoms with Gasteiger partial charge in [0.05, 0.1) is 18.0 Å². The fourth-order valence-electron chi connectivity index (χ4n) is 4.87. The Morgan fingerprint density at radius 1 is 1.19 bits per heavy atom. The molecule has 1 aromatic rings. The van der Waals surface area contributed by atoms with Crippen molar-refractivity contribution in [2.45, 2.75) is 63.9 Å². The molecule has 5 rings (SSSR count). The highest BCUT2D eigenvalue weighted by Crippen LogP contribution is 2.50. The zero-order valence-corrected chi connectivity index (χ0v) is 20.4. The highest BCUT2D eigenvalue weighted by Gasteiger charge is 2.53. The summed E-state index contributed by atoms with van der Waals surface area (Å²) in [4.78, 5) is 27.5. The van der Waals surface area contributed by atoms with Gasteiger partial charge in [0.25, 0.3) is 0 Å². The van der Waals surface area contributed by atoms with Crippen LogP contribution in [0.1, 0.15) is 33.6 Å². The third-order valence-corrected chi connectivity index (χ3v) is 12.4. The van der Waals surface area contributed by atoms with E-state index in [2.05, 4.69) is 33.9 Å². The Bertz CT molecular complexity index is 975. The van der Waals surface area contributed by atoms with Gasteiger partial charge in [-0.3, -0.25) is 9.69 Å². The molecule has 0 radical (unpaired) electrons. The summed E-state index contributed by atoms with van der Waals surface area (Å²) < 4.78 is 32.9. The summed E-state index contributed by atoms with van der Waals surface area (Å²) in [5, 5.41) is 0.0483. The van der Waals surface area contributed by atoms with Crippen LogP contribution in [0.4, 0.5) is 20.6 Å². The maximum atomic E-state index is 15.1. The van der Waals surface area contributed by atoms with Crippen molar-refractivity contribution in [3.05, 3.63) is 17.9 Å². The number of cyclic esters (lactones) is 1. The second kappa shape index (κ2) is 6.93. The van der Waals surface area contributed by atoms with Gasteiger partial charge < -0.3 is 18.8 Å². The Morgan fingerprint density at radius 2 is 1.88 bits per heavy atom. The lowest BCUT2D eigenvalue weighted by molar-refractivity contribution is -0.134. The standard InChI is InChI=1S/C23H31FN2O5Si/c1-22(2,3)32(4,5)30-11-20-18-10-29-19-7-16(25-12-23(13-25)8-14(27)9-23)15(24)6-17(19)26(18)21(28)31-20/h6-7,18,20H,8-13H2,1-5H3/t18-,20-/m0/s1. The van der Waals surface area contributed by atoms with Crippen molar-refractivity contribution in [1.29, 1.82) is 0 Å². The van der Waals surface area contributed by atoms with Gasteiger partial charge in [-0.25, -0.2) is 9.18 Å². The Labute approximate surface area is 188 Å². The zero-order chi connectivity index (χ0) is 23.1. The number of ketones is 1. The smallest absolute Gasteiger partial charge is 0.415 e. The molecule has 3 heterocycles. The quantitative estimate of drug-likeness (QED) is 0.628. The summed E-state index contributed by atoms with van der Waals surface area (Å²) in [6.07, 6.45) is 0.226. The summed E-state index contributed by atoms with van der Waals surface area (Å²) in [7, 11) is -2.00. The average Bonchev–Trinajstić information content (AvgIpc) is 2.97. The van der Waals surface area contributed by atoms with E-state index in [1.54, 1.807) is 6.07 Å². The molecule has 7 nitrogen and oxygen atoms in total. The zero-order valence-electron chi connectivity index (χ0n) is 19.4. The Hall–Kier alpha value is -2.13. The van der Waals surface area contributed by atoms with Gasteiger partial charge in [-0.2, -0.15) is 0 Å². The number of nitrogens with zero attached hydrogens (tertiary/aromatic N) is 2. The fraction of sp³-hybridized carbons (Fsp3) is 0.652. The molecule has 1 amide bonds. The molecule has 1 aromatic carbocycles. The highest BCUT2D eigenvalue weighted by molar-refractivity contribution is 6.74. The highest BCUT2D eigenvalue weighted by atomic mass is 28.4. The normalized spacial score (nSPS) is 26.2. The van der Waals surface area contributed by atoms with E-state index in [9.17, 15) is 9.59 Å². The van der Waals surface area contributed by atoms with Gasteiger partial charge in [0, 0.05) is 43.5 Å². The van der Waals surface area contributed by atoms with Gasteiger partial charge in [0.15, 0.2) is 8.32 Å². The lowest BCUT2D eigenvalue weighted by atomic mass is 9.62. The summed E-state index contributed by atoms with van der Waals surface area (Å²) in [6, 6.07) is 2.69. The van der Waals surface area contributed by atoms with E-state index < -0.39 is 26.3 Å². The van der Waals surface area contributed by atoms with Gasteiger partial charge in [-0.1, -0.05) is 20.8 Å². The van der Waals surface area contributed by atoms with Crippen molar-refractivity contribution in [1.82, 2.24) is 0 Å². The Kier molecular flexibility index (Phi) is 4.70. The molecule has 0 unspecified atom stereocenters. The number of fused-ring (bicyclic) bond motifs is 3. The topological polar surface area (TPSA) is 68.3 Å². The Balaban J connectivity index is 1.31. The van der Waals surface area contributed by atoms with Gasteiger partial charge in [0.1, 0.15) is 36.1 Å². The van der Waals surface area contributed by atoms with Crippen LogP contribution in [0.25, 0.3) is 0 Å². The molecule has 1 aliphatic carbocycles. The van der Waals surface area contributed by atoms with Crippen LogP contribution >= 0.6 is 0 Å². The number of Topliss-reactive ketones (excluding diaryl/α,β-unsaturated/α-hetero) is 1. The first kappa shape index (κ1) is 21.7. The molecule has 0 bridgehead atoms. The third kappa shape index (κ3) is 3.32.